The first-order valence-electron chi connectivity index (χ1n) is 5.52. The Morgan fingerprint density at radius 1 is 1.56 bits per heavy atom. The molecule has 0 bridgehead atoms. The van der Waals surface area contributed by atoms with E-state index >= 15 is 0 Å². The van der Waals surface area contributed by atoms with E-state index in [1.165, 1.54) is 0 Å². The van der Waals surface area contributed by atoms with Crippen molar-refractivity contribution >= 4 is 0 Å². The van der Waals surface area contributed by atoms with E-state index in [9.17, 15) is 0 Å². The summed E-state index contributed by atoms with van der Waals surface area (Å²) in [6, 6.07) is 0. The van der Waals surface area contributed by atoms with Gasteiger partial charge in [-0.05, 0) is 31.1 Å². The lowest BCUT2D eigenvalue weighted by atomic mass is 10.1. The van der Waals surface area contributed by atoms with Crippen LogP contribution in [0.4, 0.5) is 0 Å². The second-order valence-corrected chi connectivity index (χ2v) is 3.57. The molecule has 2 N–H and O–H groups in total. The molecule has 0 saturated heterocycles. The normalized spacial score (nSPS) is 16.4. The van der Waals surface area contributed by atoms with E-state index in [1.54, 1.807) is 0 Å². The number of nitrogens with two attached hydrogens (primary N) is 1. The number of rotatable bonds is 5. The van der Waals surface area contributed by atoms with E-state index in [2.05, 4.69) is 12.7 Å². The maximum atomic E-state index is 5.59. The molecule has 2 nitrogen and oxygen atoms in total. The molecule has 16 heavy (non-hydrogen) atoms. The van der Waals surface area contributed by atoms with Gasteiger partial charge in [-0.1, -0.05) is 30.9 Å². The van der Waals surface area contributed by atoms with Crippen LogP contribution in [0, 0.1) is 0 Å². The summed E-state index contributed by atoms with van der Waals surface area (Å²) in [5.41, 5.74) is 6.61. The van der Waals surface area contributed by atoms with Crippen molar-refractivity contribution in [2.75, 3.05) is 6.54 Å². The molecule has 86 valence electrons. The summed E-state index contributed by atoms with van der Waals surface area (Å²) in [5.74, 6) is 1.61. The molecule has 0 saturated carbocycles. The Balaban J connectivity index is 2.47. The minimum atomic E-state index is 0.533. The fourth-order valence-electron chi connectivity index (χ4n) is 1.35. The summed E-state index contributed by atoms with van der Waals surface area (Å²) in [7, 11) is 0. The highest BCUT2D eigenvalue weighted by atomic mass is 16.5. The third-order valence-corrected chi connectivity index (χ3v) is 2.33. The van der Waals surface area contributed by atoms with Crippen molar-refractivity contribution < 1.29 is 4.74 Å². The monoisotopic (exact) mass is 217 g/mol. The van der Waals surface area contributed by atoms with Gasteiger partial charge in [0.15, 0.2) is 0 Å². The summed E-state index contributed by atoms with van der Waals surface area (Å²) in [4.78, 5) is 0. The van der Waals surface area contributed by atoms with Crippen LogP contribution in [0.15, 0.2) is 60.1 Å². The van der Waals surface area contributed by atoms with Crippen LogP contribution in [0.2, 0.25) is 0 Å². The van der Waals surface area contributed by atoms with Crippen LogP contribution in [0.1, 0.15) is 19.8 Å². The fraction of sp³-hybridized carbons (Fsp3) is 0.286. The van der Waals surface area contributed by atoms with Gasteiger partial charge in [0.25, 0.3) is 0 Å². The molecular weight excluding hydrogens is 198 g/mol. The number of allylic oxidation sites excluding steroid dienone is 6. The Hall–Kier alpha value is -1.54. The highest BCUT2D eigenvalue weighted by Gasteiger charge is 2.01. The second kappa shape index (κ2) is 6.85. The van der Waals surface area contributed by atoms with Crippen LogP contribution in [0.5, 0.6) is 0 Å². The van der Waals surface area contributed by atoms with Gasteiger partial charge in [0.1, 0.15) is 11.5 Å². The molecule has 0 radical (unpaired) electrons. The molecule has 1 aliphatic carbocycles. The van der Waals surface area contributed by atoms with Crippen LogP contribution in [0.25, 0.3) is 0 Å². The molecule has 0 aliphatic heterocycles. The number of hydrogen-bond donors (Lipinski definition) is 1. The van der Waals surface area contributed by atoms with Crippen LogP contribution in [-0.2, 0) is 4.74 Å². The molecule has 0 aromatic rings. The Morgan fingerprint density at radius 3 is 2.94 bits per heavy atom. The fourth-order valence-corrected chi connectivity index (χ4v) is 1.35. The third-order valence-electron chi connectivity index (χ3n) is 2.33. The molecule has 0 spiro atoms. The SMILES string of the molecule is C=C(/C=C\C(=C/C)CN)OC1=CC=CCC1. The standard InChI is InChI=1S/C14H19NO/c1-3-13(11-15)10-9-12(2)16-14-7-5-4-6-8-14/h3-5,7,9-10H,2,6,8,11,15H2,1H3/b10-9-,13-3+. The van der Waals surface area contributed by atoms with Crippen molar-refractivity contribution in [3.63, 3.8) is 0 Å². The Kier molecular flexibility index (Phi) is 5.37. The summed E-state index contributed by atoms with van der Waals surface area (Å²) in [5, 5.41) is 0. The minimum absolute atomic E-state index is 0.533. The maximum Gasteiger partial charge on any atom is 0.119 e. The van der Waals surface area contributed by atoms with Crippen molar-refractivity contribution in [3.05, 3.63) is 60.1 Å². The van der Waals surface area contributed by atoms with Crippen molar-refractivity contribution in [3.8, 4) is 0 Å². The Bertz CT molecular complexity index is 359. The van der Waals surface area contributed by atoms with Gasteiger partial charge < -0.3 is 10.5 Å². The van der Waals surface area contributed by atoms with Gasteiger partial charge >= 0.3 is 0 Å². The van der Waals surface area contributed by atoms with Crippen LogP contribution >= 0.6 is 0 Å². The molecule has 0 aromatic heterocycles. The van der Waals surface area contributed by atoms with Gasteiger partial charge in [0, 0.05) is 13.0 Å². The molecule has 0 aromatic carbocycles. The molecule has 1 rings (SSSR count). The maximum absolute atomic E-state index is 5.59. The van der Waals surface area contributed by atoms with Crippen LogP contribution in [-0.4, -0.2) is 6.54 Å². The highest BCUT2D eigenvalue weighted by Crippen LogP contribution is 2.16. The predicted molar refractivity (Wildman–Crippen MR) is 68.6 cm³/mol. The molecule has 2 heteroatoms. The number of hydrogen-bond acceptors (Lipinski definition) is 2. The summed E-state index contributed by atoms with van der Waals surface area (Å²) >= 11 is 0. The van der Waals surface area contributed by atoms with Crippen LogP contribution in [0.3, 0.4) is 0 Å². The average molecular weight is 217 g/mol. The van der Waals surface area contributed by atoms with Crippen molar-refractivity contribution in [1.82, 2.24) is 0 Å². The zero-order valence-electron chi connectivity index (χ0n) is 9.78. The smallest absolute Gasteiger partial charge is 0.119 e. The Labute approximate surface area is 97.5 Å². The van der Waals surface area contributed by atoms with Gasteiger partial charge in [0.2, 0.25) is 0 Å². The van der Waals surface area contributed by atoms with Gasteiger partial charge in [-0.3, -0.25) is 0 Å². The van der Waals surface area contributed by atoms with E-state index < -0.39 is 0 Å². The summed E-state index contributed by atoms with van der Waals surface area (Å²) in [6.45, 7) is 6.34. The number of ether oxygens (including phenoxy) is 1. The zero-order chi connectivity index (χ0) is 11.8. The van der Waals surface area contributed by atoms with E-state index in [0.717, 1.165) is 24.2 Å². The van der Waals surface area contributed by atoms with Crippen LogP contribution < -0.4 is 5.73 Å². The largest absolute Gasteiger partial charge is 0.462 e. The van der Waals surface area contributed by atoms with Crippen molar-refractivity contribution in [2.24, 2.45) is 5.73 Å². The lowest BCUT2D eigenvalue weighted by molar-refractivity contribution is 0.306. The molecule has 0 unspecified atom stereocenters. The molecule has 0 heterocycles. The first kappa shape index (κ1) is 12.5. The first-order valence-corrected chi connectivity index (χ1v) is 5.52. The first-order chi connectivity index (χ1) is 7.76. The van der Waals surface area contributed by atoms with E-state index in [0.29, 0.717) is 12.3 Å². The second-order valence-electron chi connectivity index (χ2n) is 3.57. The van der Waals surface area contributed by atoms with Gasteiger partial charge in [0.05, 0.1) is 0 Å². The van der Waals surface area contributed by atoms with E-state index in [-0.39, 0.29) is 0 Å². The molecular formula is C14H19NO. The van der Waals surface area contributed by atoms with Crippen molar-refractivity contribution in [2.45, 2.75) is 19.8 Å². The molecule has 0 atom stereocenters. The lowest BCUT2D eigenvalue weighted by Crippen LogP contribution is -2.00. The Morgan fingerprint density at radius 2 is 2.38 bits per heavy atom. The quantitative estimate of drug-likeness (QED) is 0.567. The molecule has 1 aliphatic rings. The third kappa shape index (κ3) is 4.32. The van der Waals surface area contributed by atoms with Crippen molar-refractivity contribution in [1.29, 1.82) is 0 Å². The van der Waals surface area contributed by atoms with E-state index in [4.69, 9.17) is 10.5 Å². The van der Waals surface area contributed by atoms with Gasteiger partial charge in [-0.25, -0.2) is 0 Å². The topological polar surface area (TPSA) is 35.2 Å². The molecule has 0 fully saturated rings. The lowest BCUT2D eigenvalue weighted by Gasteiger charge is -2.10. The van der Waals surface area contributed by atoms with E-state index in [1.807, 2.05) is 37.3 Å². The summed E-state index contributed by atoms with van der Waals surface area (Å²) < 4.78 is 5.59. The molecule has 0 amide bonds. The minimum Gasteiger partial charge on any atom is -0.462 e. The average Bonchev–Trinajstić information content (AvgIpc) is 2.31. The zero-order valence-corrected chi connectivity index (χ0v) is 9.78. The highest BCUT2D eigenvalue weighted by molar-refractivity contribution is 5.25. The van der Waals surface area contributed by atoms with Gasteiger partial charge in [-0.2, -0.15) is 0 Å². The predicted octanol–water partition coefficient (Wildman–Crippen LogP) is 3.21. The van der Waals surface area contributed by atoms with Gasteiger partial charge in [-0.15, -0.1) is 0 Å². The summed E-state index contributed by atoms with van der Waals surface area (Å²) in [6.07, 6.45) is 13.8.